The van der Waals surface area contributed by atoms with Gasteiger partial charge in [0, 0.05) is 46.1 Å². The van der Waals surface area contributed by atoms with Crippen LogP contribution in [0.15, 0.2) is 119 Å². The summed E-state index contributed by atoms with van der Waals surface area (Å²) in [5.41, 5.74) is 2.49. The Labute approximate surface area is 270 Å². The van der Waals surface area contributed by atoms with Gasteiger partial charge in [0.15, 0.2) is 6.04 Å². The molecule has 1 aliphatic heterocycles. The molecule has 5 rings (SSSR count). The Balaban J connectivity index is 0.00000461. The van der Waals surface area contributed by atoms with Crippen LogP contribution in [0.2, 0.25) is 0 Å². The van der Waals surface area contributed by atoms with Crippen molar-refractivity contribution in [2.24, 2.45) is 15.9 Å². The number of carbonyl (C=O) groups is 3. The fourth-order valence-corrected chi connectivity index (χ4v) is 4.99. The first-order chi connectivity index (χ1) is 21.3. The van der Waals surface area contributed by atoms with Crippen LogP contribution in [0, 0.1) is 5.92 Å². The first-order valence-electron chi connectivity index (χ1n) is 14.0. The molecule has 2 heterocycles. The van der Waals surface area contributed by atoms with E-state index in [1.807, 2.05) is 12.1 Å². The van der Waals surface area contributed by atoms with Crippen LogP contribution in [-0.2, 0) is 30.8 Å². The summed E-state index contributed by atoms with van der Waals surface area (Å²) in [5.74, 6) is -3.19. The van der Waals surface area contributed by atoms with Crippen molar-refractivity contribution in [1.82, 2.24) is 9.88 Å². The third-order valence-corrected chi connectivity index (χ3v) is 7.20. The summed E-state index contributed by atoms with van der Waals surface area (Å²) in [6, 6.07) is 27.7. The number of pyridine rings is 1. The maximum atomic E-state index is 13.4. The summed E-state index contributed by atoms with van der Waals surface area (Å²) in [7, 11) is 0. The summed E-state index contributed by atoms with van der Waals surface area (Å²) in [6.45, 7) is 1.61. The quantitative estimate of drug-likeness (QED) is 0.151. The van der Waals surface area contributed by atoms with Crippen LogP contribution in [0.4, 0.5) is 10.5 Å². The van der Waals surface area contributed by atoms with Crippen molar-refractivity contribution < 1.29 is 45.8 Å². The Kier molecular flexibility index (Phi) is 10.9. The first kappa shape index (κ1) is 32.8. The van der Waals surface area contributed by atoms with Crippen LogP contribution in [0.1, 0.15) is 41.8 Å². The van der Waals surface area contributed by atoms with Gasteiger partial charge in [-0.2, -0.15) is 0 Å². The molecule has 3 atom stereocenters. The first-order valence-corrected chi connectivity index (χ1v) is 14.0. The van der Waals surface area contributed by atoms with Crippen LogP contribution >= 0.6 is 0 Å². The fraction of sp³-hybridized carbons (Fsp3) is 0.176. The van der Waals surface area contributed by atoms with Crippen molar-refractivity contribution in [2.75, 3.05) is 6.61 Å². The molecule has 3 unspecified atom stereocenters. The van der Waals surface area contributed by atoms with E-state index in [-0.39, 0.29) is 46.6 Å². The number of hydrogen-bond acceptors (Lipinski definition) is 8. The smallest absolute Gasteiger partial charge is 0.417 e. The third-order valence-electron chi connectivity index (χ3n) is 7.20. The van der Waals surface area contributed by atoms with Gasteiger partial charge < -0.3 is 14.9 Å². The van der Waals surface area contributed by atoms with E-state index in [4.69, 9.17) is 4.74 Å². The molecular weight excluding hydrogens is 619 g/mol. The van der Waals surface area contributed by atoms with Gasteiger partial charge >= 0.3 is 12.1 Å². The summed E-state index contributed by atoms with van der Waals surface area (Å²) in [5, 5.41) is 23.2. The van der Waals surface area contributed by atoms with Crippen LogP contribution < -0.4 is 5.11 Å². The van der Waals surface area contributed by atoms with Crippen molar-refractivity contribution in [3.8, 4) is 0 Å². The number of nitrogens with zero attached hydrogens (tertiary/aromatic N) is 4. The molecule has 11 heteroatoms. The van der Waals surface area contributed by atoms with Gasteiger partial charge in [0.25, 0.3) is 0 Å². The van der Waals surface area contributed by atoms with E-state index in [1.54, 1.807) is 97.9 Å². The number of aliphatic carboxylic acids is 1. The van der Waals surface area contributed by atoms with Gasteiger partial charge in [-0.15, -0.1) is 0 Å². The number of ether oxygens (including phenoxy) is 1. The maximum absolute atomic E-state index is 13.4. The monoisotopic (exact) mass is 647 g/mol. The topological polar surface area (TPSA) is 145 Å². The van der Waals surface area contributed by atoms with Crippen LogP contribution in [0.5, 0.6) is 0 Å². The molecule has 1 aromatic heterocycles. The van der Waals surface area contributed by atoms with E-state index in [1.165, 1.54) is 6.20 Å². The molecule has 1 N–H and O–H groups in total. The Hall–Kier alpha value is -5.15. The predicted molar refractivity (Wildman–Crippen MR) is 162 cm³/mol. The third kappa shape index (κ3) is 7.69. The minimum absolute atomic E-state index is 0. The molecule has 10 nitrogen and oxygen atoms in total. The van der Waals surface area contributed by atoms with Gasteiger partial charge in [-0.25, -0.2) is 14.5 Å². The molecule has 2 amide bonds. The van der Waals surface area contributed by atoms with Crippen molar-refractivity contribution in [1.29, 1.82) is 0 Å². The average Bonchev–Trinajstić information content (AvgIpc) is 3.44. The van der Waals surface area contributed by atoms with E-state index >= 15 is 0 Å². The minimum Gasteiger partial charge on any atom is -0.857 e. The number of carboxylic acid groups (broad SMARTS) is 1. The van der Waals surface area contributed by atoms with Gasteiger partial charge in [0.1, 0.15) is 12.6 Å². The van der Waals surface area contributed by atoms with E-state index in [0.717, 1.165) is 10.5 Å². The molecule has 3 aromatic carbocycles. The molecule has 1 aliphatic rings. The molecule has 0 bridgehead atoms. The number of carbonyl (C=O) groups excluding carboxylic acids is 2. The number of carboxylic acids is 1. The number of aliphatic imine (C=N–C) groups is 2. The van der Waals surface area contributed by atoms with Gasteiger partial charge in [-0.05, 0) is 29.7 Å². The van der Waals surface area contributed by atoms with Gasteiger partial charge in [-0.1, -0.05) is 91.9 Å². The van der Waals surface area contributed by atoms with Crippen LogP contribution in [0.25, 0.3) is 0 Å². The van der Waals surface area contributed by atoms with E-state index < -0.39 is 41.9 Å². The van der Waals surface area contributed by atoms with E-state index in [2.05, 4.69) is 15.0 Å². The fourth-order valence-electron chi connectivity index (χ4n) is 4.99. The second kappa shape index (κ2) is 15.0. The zero-order valence-corrected chi connectivity index (χ0v) is 25.1. The maximum Gasteiger partial charge on any atom is 0.417 e. The number of hydrogen-bond donors (Lipinski definition) is 1. The summed E-state index contributed by atoms with van der Waals surface area (Å²) >= 11 is 0. The molecule has 1 fully saturated rings. The van der Waals surface area contributed by atoms with Crippen LogP contribution in [-0.4, -0.2) is 57.2 Å². The molecule has 0 aliphatic carbocycles. The van der Waals surface area contributed by atoms with Crippen molar-refractivity contribution in [3.63, 3.8) is 0 Å². The predicted octanol–water partition coefficient (Wildman–Crippen LogP) is 4.55. The van der Waals surface area contributed by atoms with Crippen molar-refractivity contribution in [2.45, 2.75) is 25.4 Å². The Morgan fingerprint density at radius 1 is 0.978 bits per heavy atom. The normalized spacial score (nSPS) is 16.3. The SMILES string of the molecule is CC(CC(=O)N1C(=O)OCC1c1ccccc1)C(N=C(c1ccccc1)c1ccccc1N=C([O-])c1ccccn1)C(=O)O.[Ni]. The Bertz CT molecular complexity index is 1700. The van der Waals surface area contributed by atoms with Crippen molar-refractivity contribution in [3.05, 3.63) is 132 Å². The number of imide groups is 1. The number of benzene rings is 3. The second-order valence-corrected chi connectivity index (χ2v) is 10.2. The molecule has 0 radical (unpaired) electrons. The number of aromatic nitrogens is 1. The molecule has 45 heavy (non-hydrogen) atoms. The standard InChI is InChI=1S/C34H30N4O6.Ni/c1-22(20-29(39)38-28(21-44-34(38)43)23-12-4-2-5-13-23)30(33(41)42)37-31(24-14-6-3-7-15-24)25-16-8-9-17-26(25)36-32(40)27-18-10-11-19-35-27;/h2-19,22,28,30H,20-21H2,1H3,(H,36,40)(H,41,42);/p-1. The molecule has 0 spiro atoms. The summed E-state index contributed by atoms with van der Waals surface area (Å²) < 4.78 is 5.18. The number of rotatable bonds is 10. The minimum atomic E-state index is -1.37. The van der Waals surface area contributed by atoms with E-state index in [0.29, 0.717) is 11.1 Å². The van der Waals surface area contributed by atoms with Gasteiger partial charge in [0.05, 0.1) is 17.1 Å². The van der Waals surface area contributed by atoms with Crippen molar-refractivity contribution >= 4 is 35.3 Å². The van der Waals surface area contributed by atoms with Gasteiger partial charge in [-0.3, -0.25) is 19.8 Å². The number of cyclic esters (lactones) is 1. The molecule has 232 valence electrons. The zero-order valence-electron chi connectivity index (χ0n) is 24.1. The van der Waals surface area contributed by atoms with E-state index in [9.17, 15) is 24.6 Å². The average molecular weight is 648 g/mol. The molecule has 1 saturated heterocycles. The second-order valence-electron chi connectivity index (χ2n) is 10.2. The molecule has 0 saturated carbocycles. The summed E-state index contributed by atoms with van der Waals surface area (Å²) in [4.78, 5) is 52.7. The summed E-state index contributed by atoms with van der Waals surface area (Å²) in [6.07, 6.45) is 0.449. The zero-order chi connectivity index (χ0) is 31.1. The largest absolute Gasteiger partial charge is 0.857 e. The van der Waals surface area contributed by atoms with Gasteiger partial charge in [0.2, 0.25) is 5.91 Å². The number of para-hydroxylation sites is 1. The Morgan fingerprint density at radius 3 is 2.29 bits per heavy atom. The van der Waals surface area contributed by atoms with Crippen LogP contribution in [0.3, 0.4) is 0 Å². The molecular formula is C34H29N4NiO6-. The Morgan fingerprint density at radius 2 is 1.62 bits per heavy atom. The molecule has 4 aromatic rings. The number of amides is 2.